The first-order valence-corrected chi connectivity index (χ1v) is 10.3. The number of piperidine rings is 1. The molecule has 1 aliphatic rings. The van der Waals surface area contributed by atoms with Crippen molar-refractivity contribution >= 4 is 27.3 Å². The number of nitrogens with one attached hydrogen (secondary N) is 1. The minimum absolute atomic E-state index is 0.165. The monoisotopic (exact) mass is 369 g/mol. The minimum Gasteiger partial charge on any atom is -0.336 e. The average molecular weight is 369 g/mol. The topological polar surface area (TPSA) is 97.2 Å². The first-order valence-electron chi connectivity index (χ1n) is 7.53. The van der Waals surface area contributed by atoms with Gasteiger partial charge in [-0.25, -0.2) is 18.1 Å². The Bertz CT molecular complexity index is 842. The van der Waals surface area contributed by atoms with Gasteiger partial charge in [0.05, 0.1) is 12.5 Å². The molecule has 1 fully saturated rings. The summed E-state index contributed by atoms with van der Waals surface area (Å²) in [4.78, 5) is 18.7. The Balaban J connectivity index is 1.71. The highest BCUT2D eigenvalue weighted by Gasteiger charge is 2.27. The van der Waals surface area contributed by atoms with Gasteiger partial charge in [0, 0.05) is 43.3 Å². The van der Waals surface area contributed by atoms with Crippen molar-refractivity contribution in [3.8, 4) is 10.6 Å². The van der Waals surface area contributed by atoms with Crippen LogP contribution in [0.15, 0.2) is 17.8 Å². The Morgan fingerprint density at radius 2 is 2.25 bits per heavy atom. The number of hydrogen-bond donors (Lipinski definition) is 1. The summed E-state index contributed by atoms with van der Waals surface area (Å²) in [5, 5.41) is 6.58. The maximum absolute atomic E-state index is 12.6. The quantitative estimate of drug-likeness (QED) is 0.855. The smallest absolute Gasteiger partial charge is 0.273 e. The van der Waals surface area contributed by atoms with E-state index in [9.17, 15) is 13.2 Å². The third-order valence-electron chi connectivity index (χ3n) is 3.76. The summed E-state index contributed by atoms with van der Waals surface area (Å²) >= 11 is 1.40. The molecule has 8 nitrogen and oxygen atoms in total. The van der Waals surface area contributed by atoms with Crippen molar-refractivity contribution in [2.75, 3.05) is 19.3 Å². The predicted molar refractivity (Wildman–Crippen MR) is 91.2 cm³/mol. The Hall–Kier alpha value is -1.78. The largest absolute Gasteiger partial charge is 0.336 e. The van der Waals surface area contributed by atoms with Crippen molar-refractivity contribution in [2.45, 2.75) is 18.9 Å². The summed E-state index contributed by atoms with van der Waals surface area (Å²) in [5.41, 5.74) is 1.26. The van der Waals surface area contributed by atoms with Crippen LogP contribution in [-0.2, 0) is 17.1 Å². The highest BCUT2D eigenvalue weighted by molar-refractivity contribution is 7.88. The van der Waals surface area contributed by atoms with E-state index in [1.165, 1.54) is 11.3 Å². The number of amides is 1. The number of thiazole rings is 1. The van der Waals surface area contributed by atoms with E-state index in [4.69, 9.17) is 0 Å². The normalized spacial score (nSPS) is 18.8. The first kappa shape index (κ1) is 17.1. The van der Waals surface area contributed by atoms with Gasteiger partial charge >= 0.3 is 0 Å². The van der Waals surface area contributed by atoms with Crippen LogP contribution in [-0.4, -0.2) is 59.4 Å². The van der Waals surface area contributed by atoms with E-state index in [0.717, 1.165) is 29.7 Å². The van der Waals surface area contributed by atoms with Gasteiger partial charge < -0.3 is 4.90 Å². The van der Waals surface area contributed by atoms with Crippen LogP contribution in [0, 0.1) is 0 Å². The third-order valence-corrected chi connectivity index (χ3v) is 5.42. The molecular formula is C14H19N5O3S2. The molecule has 0 saturated carbocycles. The summed E-state index contributed by atoms with van der Waals surface area (Å²) in [6, 6.07) is -0.242. The number of likely N-dealkylation sites (tertiary alicyclic amines) is 1. The van der Waals surface area contributed by atoms with Crippen LogP contribution in [0.3, 0.4) is 0 Å². The first-order chi connectivity index (χ1) is 11.3. The van der Waals surface area contributed by atoms with Crippen molar-refractivity contribution in [1.82, 2.24) is 24.4 Å². The number of carbonyl (C=O) groups excluding carboxylic acids is 1. The van der Waals surface area contributed by atoms with Gasteiger partial charge in [0.15, 0.2) is 0 Å². The van der Waals surface area contributed by atoms with Gasteiger partial charge in [-0.2, -0.15) is 5.10 Å². The molecule has 0 spiro atoms. The fourth-order valence-electron chi connectivity index (χ4n) is 2.76. The second-order valence-electron chi connectivity index (χ2n) is 5.92. The molecule has 0 radical (unpaired) electrons. The molecule has 1 aliphatic heterocycles. The molecule has 1 atom stereocenters. The van der Waals surface area contributed by atoms with E-state index in [1.54, 1.807) is 21.2 Å². The molecular weight excluding hydrogens is 350 g/mol. The van der Waals surface area contributed by atoms with Crippen molar-refractivity contribution < 1.29 is 13.2 Å². The molecule has 2 aromatic heterocycles. The molecule has 1 N–H and O–H groups in total. The van der Waals surface area contributed by atoms with E-state index in [0.29, 0.717) is 18.8 Å². The van der Waals surface area contributed by atoms with Gasteiger partial charge in [0.2, 0.25) is 10.0 Å². The van der Waals surface area contributed by atoms with Gasteiger partial charge in [0.25, 0.3) is 5.91 Å². The summed E-state index contributed by atoms with van der Waals surface area (Å²) in [6.45, 7) is 0.978. The van der Waals surface area contributed by atoms with Gasteiger partial charge in [-0.3, -0.25) is 9.48 Å². The van der Waals surface area contributed by atoms with Crippen LogP contribution in [0.5, 0.6) is 0 Å². The van der Waals surface area contributed by atoms with Crippen LogP contribution in [0.4, 0.5) is 0 Å². The molecule has 0 unspecified atom stereocenters. The lowest BCUT2D eigenvalue weighted by atomic mass is 10.1. The zero-order valence-corrected chi connectivity index (χ0v) is 15.1. The van der Waals surface area contributed by atoms with E-state index in [1.807, 2.05) is 13.2 Å². The third kappa shape index (κ3) is 4.00. The Morgan fingerprint density at radius 3 is 2.92 bits per heavy atom. The Morgan fingerprint density at radius 1 is 1.46 bits per heavy atom. The van der Waals surface area contributed by atoms with Crippen molar-refractivity contribution in [3.63, 3.8) is 0 Å². The molecule has 0 bridgehead atoms. The maximum Gasteiger partial charge on any atom is 0.273 e. The number of aryl methyl sites for hydroxylation is 1. The van der Waals surface area contributed by atoms with Crippen LogP contribution in [0.25, 0.3) is 10.6 Å². The second-order valence-corrected chi connectivity index (χ2v) is 8.56. The fourth-order valence-corrected chi connectivity index (χ4v) is 4.33. The van der Waals surface area contributed by atoms with Gasteiger partial charge in [-0.05, 0) is 12.8 Å². The summed E-state index contributed by atoms with van der Waals surface area (Å²) < 4.78 is 27.0. The van der Waals surface area contributed by atoms with Crippen molar-refractivity contribution in [1.29, 1.82) is 0 Å². The summed E-state index contributed by atoms with van der Waals surface area (Å²) in [6.07, 6.45) is 6.18. The number of carbonyl (C=O) groups is 1. The minimum atomic E-state index is -3.28. The van der Waals surface area contributed by atoms with Crippen molar-refractivity contribution in [3.05, 3.63) is 23.5 Å². The van der Waals surface area contributed by atoms with E-state index >= 15 is 0 Å². The molecule has 3 rings (SSSR count). The molecule has 10 heteroatoms. The molecule has 24 heavy (non-hydrogen) atoms. The Labute approximate surface area is 144 Å². The second kappa shape index (κ2) is 6.61. The molecule has 0 aliphatic carbocycles. The van der Waals surface area contributed by atoms with Crippen LogP contribution in [0.1, 0.15) is 23.3 Å². The zero-order valence-electron chi connectivity index (χ0n) is 13.5. The highest BCUT2D eigenvalue weighted by atomic mass is 32.2. The maximum atomic E-state index is 12.6. The molecule has 1 saturated heterocycles. The van der Waals surface area contributed by atoms with Crippen LogP contribution < -0.4 is 4.72 Å². The van der Waals surface area contributed by atoms with Crippen LogP contribution in [0.2, 0.25) is 0 Å². The molecule has 130 valence electrons. The van der Waals surface area contributed by atoms with Crippen LogP contribution >= 0.6 is 11.3 Å². The lowest BCUT2D eigenvalue weighted by Gasteiger charge is -2.32. The number of sulfonamides is 1. The van der Waals surface area contributed by atoms with Crippen molar-refractivity contribution in [2.24, 2.45) is 7.05 Å². The van der Waals surface area contributed by atoms with E-state index in [2.05, 4.69) is 14.8 Å². The van der Waals surface area contributed by atoms with Gasteiger partial charge in [-0.1, -0.05) is 0 Å². The van der Waals surface area contributed by atoms with Gasteiger partial charge in [-0.15, -0.1) is 11.3 Å². The zero-order chi connectivity index (χ0) is 17.3. The number of nitrogens with zero attached hydrogens (tertiary/aromatic N) is 4. The lowest BCUT2D eigenvalue weighted by molar-refractivity contribution is 0.0698. The highest BCUT2D eigenvalue weighted by Crippen LogP contribution is 2.24. The van der Waals surface area contributed by atoms with Gasteiger partial charge in [0.1, 0.15) is 10.7 Å². The number of rotatable bonds is 4. The number of hydrogen-bond acceptors (Lipinski definition) is 6. The SMILES string of the molecule is Cn1cc(-c2nc(C(=O)N3CCC[C@@H](NS(C)(=O)=O)C3)cs2)cn1. The summed E-state index contributed by atoms with van der Waals surface area (Å²) in [5.74, 6) is -0.165. The number of aromatic nitrogens is 3. The average Bonchev–Trinajstić information content (AvgIpc) is 3.13. The molecule has 2 aromatic rings. The van der Waals surface area contributed by atoms with E-state index in [-0.39, 0.29) is 11.9 Å². The Kier molecular flexibility index (Phi) is 4.70. The van der Waals surface area contributed by atoms with E-state index < -0.39 is 10.0 Å². The predicted octanol–water partition coefficient (Wildman–Crippen LogP) is 0.697. The summed E-state index contributed by atoms with van der Waals surface area (Å²) in [7, 11) is -1.45. The lowest BCUT2D eigenvalue weighted by Crippen LogP contribution is -2.49. The fraction of sp³-hybridized carbons (Fsp3) is 0.500. The molecule has 0 aromatic carbocycles. The standard InChI is InChI=1S/C14H19N5O3S2/c1-18-7-10(6-15-18)13-16-12(9-23-13)14(20)19-5-3-4-11(8-19)17-24(2,21)22/h6-7,9,11,17H,3-5,8H2,1-2H3/t11-/m1/s1. The molecule has 3 heterocycles. The molecule has 1 amide bonds.